The van der Waals surface area contributed by atoms with Crippen LogP contribution in [0.2, 0.25) is 0 Å². The fourth-order valence-corrected chi connectivity index (χ4v) is 1.94. The molecule has 0 saturated heterocycles. The average Bonchev–Trinajstić information content (AvgIpc) is 2.06. The zero-order valence-electron chi connectivity index (χ0n) is 7.62. The van der Waals surface area contributed by atoms with Crippen LogP contribution in [0.5, 0.6) is 0 Å². The van der Waals surface area contributed by atoms with Crippen molar-refractivity contribution in [3.63, 3.8) is 0 Å². The second-order valence-corrected chi connectivity index (χ2v) is 4.16. The van der Waals surface area contributed by atoms with Gasteiger partial charge in [0, 0.05) is 5.33 Å². The van der Waals surface area contributed by atoms with Crippen LogP contribution in [0, 0.1) is 0 Å². The predicted molar refractivity (Wildman–Crippen MR) is 57.7 cm³/mol. The molecule has 0 aromatic carbocycles. The van der Waals surface area contributed by atoms with Crippen LogP contribution in [0.15, 0.2) is 11.9 Å². The fraction of sp³-hybridized carbons (Fsp3) is 0.750. The van der Waals surface area contributed by atoms with Crippen LogP contribution >= 0.6 is 24.3 Å². The summed E-state index contributed by atoms with van der Waals surface area (Å²) in [5.41, 5.74) is 0. The number of hydrogen-bond acceptors (Lipinski definition) is 2. The van der Waals surface area contributed by atoms with E-state index in [0.717, 1.165) is 11.8 Å². The highest BCUT2D eigenvalue weighted by atomic mass is 79.9. The van der Waals surface area contributed by atoms with E-state index in [-0.39, 0.29) is 0 Å². The highest BCUT2D eigenvalue weighted by Crippen LogP contribution is 2.39. The molecule has 2 nitrogen and oxygen atoms in total. The molecule has 0 fully saturated rings. The Balaban J connectivity index is 3.60. The van der Waals surface area contributed by atoms with Gasteiger partial charge in [-0.05, 0) is 26.1 Å². The standard InChI is InChI=1S/C8H16BrO2P/c1-3-10-12(11-4-2)8-6-5-7-9/h6,8H,3-5,7H2,1-2H3/b8-6+. The van der Waals surface area contributed by atoms with Crippen molar-refractivity contribution in [2.75, 3.05) is 18.5 Å². The number of hydrogen-bond donors (Lipinski definition) is 0. The summed E-state index contributed by atoms with van der Waals surface area (Å²) in [5, 5.41) is 0.991. The lowest BCUT2D eigenvalue weighted by Gasteiger charge is -2.10. The summed E-state index contributed by atoms with van der Waals surface area (Å²) >= 11 is 3.35. The first-order chi connectivity index (χ1) is 5.85. The smallest absolute Gasteiger partial charge is 0.196 e. The number of alkyl halides is 1. The van der Waals surface area contributed by atoms with Gasteiger partial charge < -0.3 is 9.05 Å². The lowest BCUT2D eigenvalue weighted by Crippen LogP contribution is -1.87. The number of rotatable bonds is 7. The van der Waals surface area contributed by atoms with Crippen molar-refractivity contribution in [3.8, 4) is 0 Å². The lowest BCUT2D eigenvalue weighted by atomic mass is 10.5. The first kappa shape index (κ1) is 12.6. The van der Waals surface area contributed by atoms with Crippen molar-refractivity contribution in [1.82, 2.24) is 0 Å². The summed E-state index contributed by atoms with van der Waals surface area (Å²) in [6.07, 6.45) is 3.12. The molecule has 0 unspecified atom stereocenters. The largest absolute Gasteiger partial charge is 0.331 e. The SMILES string of the molecule is CCOP(/C=C/CCBr)OCC. The zero-order valence-corrected chi connectivity index (χ0v) is 10.1. The van der Waals surface area contributed by atoms with Gasteiger partial charge in [0.15, 0.2) is 8.38 Å². The Hall–Kier alpha value is 0.570. The summed E-state index contributed by atoms with van der Waals surface area (Å²) in [6.45, 7) is 5.38. The summed E-state index contributed by atoms with van der Waals surface area (Å²) in [6, 6.07) is 0. The minimum atomic E-state index is -0.774. The maximum atomic E-state index is 5.37. The molecular formula is C8H16BrO2P. The van der Waals surface area contributed by atoms with E-state index in [2.05, 4.69) is 22.0 Å². The van der Waals surface area contributed by atoms with E-state index >= 15 is 0 Å². The first-order valence-electron chi connectivity index (χ1n) is 4.12. The Bertz CT molecular complexity index is 114. The fourth-order valence-electron chi connectivity index (χ4n) is 0.601. The summed E-state index contributed by atoms with van der Waals surface area (Å²) < 4.78 is 10.7. The van der Waals surface area contributed by atoms with E-state index in [9.17, 15) is 0 Å². The van der Waals surface area contributed by atoms with Gasteiger partial charge in [0.2, 0.25) is 0 Å². The molecule has 0 N–H and O–H groups in total. The quantitative estimate of drug-likeness (QED) is 0.510. The topological polar surface area (TPSA) is 18.5 Å². The number of halogens is 1. The lowest BCUT2D eigenvalue weighted by molar-refractivity contribution is 0.276. The Kier molecular flexibility index (Phi) is 10.1. The molecule has 0 aromatic rings. The van der Waals surface area contributed by atoms with Crippen molar-refractivity contribution in [2.24, 2.45) is 0 Å². The molecule has 0 amide bonds. The second kappa shape index (κ2) is 9.66. The van der Waals surface area contributed by atoms with Gasteiger partial charge in [0.25, 0.3) is 0 Å². The summed E-state index contributed by atoms with van der Waals surface area (Å²) in [5.74, 6) is 2.02. The van der Waals surface area contributed by atoms with Gasteiger partial charge in [-0.3, -0.25) is 0 Å². The van der Waals surface area contributed by atoms with Gasteiger partial charge in [-0.15, -0.1) is 0 Å². The van der Waals surface area contributed by atoms with Crippen LogP contribution in [0.25, 0.3) is 0 Å². The molecule has 72 valence electrons. The molecule has 0 saturated carbocycles. The maximum Gasteiger partial charge on any atom is 0.196 e. The Labute approximate surface area is 84.4 Å². The maximum absolute atomic E-state index is 5.37. The third-order valence-corrected chi connectivity index (χ3v) is 2.95. The van der Waals surface area contributed by atoms with E-state index in [4.69, 9.17) is 9.05 Å². The van der Waals surface area contributed by atoms with Crippen LogP contribution in [0.1, 0.15) is 20.3 Å². The normalized spacial score (nSPS) is 11.7. The number of allylic oxidation sites excluding steroid dienone is 1. The van der Waals surface area contributed by atoms with Crippen molar-refractivity contribution in [2.45, 2.75) is 20.3 Å². The van der Waals surface area contributed by atoms with Gasteiger partial charge in [-0.1, -0.05) is 22.0 Å². The highest BCUT2D eigenvalue weighted by molar-refractivity contribution is 9.09. The predicted octanol–water partition coefficient (Wildman–Crippen LogP) is 3.67. The molecule has 0 bridgehead atoms. The summed E-state index contributed by atoms with van der Waals surface area (Å²) in [4.78, 5) is 0. The van der Waals surface area contributed by atoms with Crippen molar-refractivity contribution < 1.29 is 9.05 Å². The van der Waals surface area contributed by atoms with Crippen LogP contribution in [0.3, 0.4) is 0 Å². The monoisotopic (exact) mass is 254 g/mol. The van der Waals surface area contributed by atoms with Crippen molar-refractivity contribution in [3.05, 3.63) is 11.9 Å². The minimum absolute atomic E-state index is 0.713. The van der Waals surface area contributed by atoms with Crippen LogP contribution in [-0.2, 0) is 9.05 Å². The first-order valence-corrected chi connectivity index (χ1v) is 6.49. The zero-order chi connectivity index (χ0) is 9.23. The van der Waals surface area contributed by atoms with Crippen molar-refractivity contribution >= 4 is 24.3 Å². The third-order valence-electron chi connectivity index (χ3n) is 1.02. The van der Waals surface area contributed by atoms with Gasteiger partial charge in [-0.2, -0.15) is 0 Å². The Morgan fingerprint density at radius 1 is 1.25 bits per heavy atom. The molecule has 12 heavy (non-hydrogen) atoms. The molecule has 0 rings (SSSR count). The van der Waals surface area contributed by atoms with E-state index < -0.39 is 8.38 Å². The van der Waals surface area contributed by atoms with E-state index in [1.54, 1.807) is 0 Å². The van der Waals surface area contributed by atoms with Gasteiger partial charge in [0.05, 0.1) is 13.2 Å². The summed E-state index contributed by atoms with van der Waals surface area (Å²) in [7, 11) is -0.774. The van der Waals surface area contributed by atoms with Gasteiger partial charge in [0.1, 0.15) is 0 Å². The Morgan fingerprint density at radius 2 is 1.83 bits per heavy atom. The minimum Gasteiger partial charge on any atom is -0.331 e. The Morgan fingerprint density at radius 3 is 2.25 bits per heavy atom. The van der Waals surface area contributed by atoms with Crippen LogP contribution < -0.4 is 0 Å². The van der Waals surface area contributed by atoms with Gasteiger partial charge in [-0.25, -0.2) is 0 Å². The van der Waals surface area contributed by atoms with E-state index in [0.29, 0.717) is 13.2 Å². The molecule has 0 spiro atoms. The molecular weight excluding hydrogens is 239 g/mol. The van der Waals surface area contributed by atoms with Gasteiger partial charge >= 0.3 is 0 Å². The molecule has 0 aromatic heterocycles. The molecule has 0 heterocycles. The highest BCUT2D eigenvalue weighted by Gasteiger charge is 2.01. The molecule has 0 atom stereocenters. The second-order valence-electron chi connectivity index (χ2n) is 1.98. The average molecular weight is 255 g/mol. The molecule has 0 aliphatic heterocycles. The molecule has 0 aliphatic rings. The third kappa shape index (κ3) is 7.23. The van der Waals surface area contributed by atoms with E-state index in [1.807, 2.05) is 19.7 Å². The van der Waals surface area contributed by atoms with Crippen LogP contribution in [0.4, 0.5) is 0 Å². The molecule has 0 aliphatic carbocycles. The van der Waals surface area contributed by atoms with E-state index in [1.165, 1.54) is 0 Å². The van der Waals surface area contributed by atoms with Crippen LogP contribution in [-0.4, -0.2) is 18.5 Å². The molecule has 0 radical (unpaired) electrons. The molecule has 4 heteroatoms. The van der Waals surface area contributed by atoms with Crippen molar-refractivity contribution in [1.29, 1.82) is 0 Å².